The number of nitrogens with zero attached hydrogens (tertiary/aromatic N) is 2. The molecule has 17 heavy (non-hydrogen) atoms. The predicted octanol–water partition coefficient (Wildman–Crippen LogP) is 0.782. The van der Waals surface area contributed by atoms with Crippen LogP contribution in [0.25, 0.3) is 0 Å². The van der Waals surface area contributed by atoms with Crippen LogP contribution in [0.1, 0.15) is 26.0 Å². The first-order valence-electron chi connectivity index (χ1n) is 5.72. The van der Waals surface area contributed by atoms with Gasteiger partial charge in [-0.3, -0.25) is 20.1 Å². The second kappa shape index (κ2) is 4.53. The molecule has 0 aromatic carbocycles. The summed E-state index contributed by atoms with van der Waals surface area (Å²) in [4.78, 5) is 20.5. The Kier molecular flexibility index (Phi) is 3.08. The van der Waals surface area contributed by atoms with Gasteiger partial charge in [0.2, 0.25) is 0 Å². The first-order valence-corrected chi connectivity index (χ1v) is 5.72. The highest BCUT2D eigenvalue weighted by atomic mass is 16.2. The molecule has 2 heterocycles. The van der Waals surface area contributed by atoms with Crippen molar-refractivity contribution in [2.24, 2.45) is 4.99 Å². The quantitative estimate of drug-likeness (QED) is 0.809. The molecule has 2 N–H and O–H groups in total. The molecule has 0 spiro atoms. The third-order valence-corrected chi connectivity index (χ3v) is 2.73. The normalized spacial score (nSPS) is 25.8. The predicted molar refractivity (Wildman–Crippen MR) is 65.5 cm³/mol. The summed E-state index contributed by atoms with van der Waals surface area (Å²) in [6, 6.07) is 5.52. The highest BCUT2D eigenvalue weighted by molar-refractivity contribution is 6.08. The number of nitrogens with one attached hydrogen (secondary N) is 2. The maximum atomic E-state index is 12.0. The summed E-state index contributed by atoms with van der Waals surface area (Å²) in [6.07, 6.45) is 2.62. The average Bonchev–Trinajstić information content (AvgIpc) is 2.65. The Bertz CT molecular complexity index is 443. The Hall–Kier alpha value is -1.91. The Morgan fingerprint density at radius 1 is 1.47 bits per heavy atom. The van der Waals surface area contributed by atoms with Crippen LogP contribution >= 0.6 is 0 Å². The minimum Gasteiger partial charge on any atom is -0.337 e. The lowest BCUT2D eigenvalue weighted by molar-refractivity contribution is -0.123. The third-order valence-electron chi connectivity index (χ3n) is 2.73. The van der Waals surface area contributed by atoms with Gasteiger partial charge in [0.05, 0.1) is 5.69 Å². The maximum absolute atomic E-state index is 12.0. The molecule has 1 amide bonds. The molecule has 5 heteroatoms. The molecule has 1 saturated heterocycles. The fraction of sp³-hybridized carbons (Fsp3) is 0.417. The molecule has 1 atom stereocenters. The van der Waals surface area contributed by atoms with Gasteiger partial charge in [0.1, 0.15) is 0 Å². The van der Waals surface area contributed by atoms with E-state index in [1.807, 2.05) is 25.1 Å². The van der Waals surface area contributed by atoms with E-state index in [1.54, 1.807) is 13.1 Å². The number of hydrogen-bond donors (Lipinski definition) is 2. The first kappa shape index (κ1) is 11.6. The van der Waals surface area contributed by atoms with Crippen molar-refractivity contribution in [3.8, 4) is 0 Å². The molecule has 0 saturated carbocycles. The second-order valence-electron chi connectivity index (χ2n) is 4.15. The lowest BCUT2D eigenvalue weighted by Crippen LogP contribution is -2.41. The lowest BCUT2D eigenvalue weighted by Gasteiger charge is -2.19. The summed E-state index contributed by atoms with van der Waals surface area (Å²) < 4.78 is 0. The average molecular weight is 232 g/mol. The minimum absolute atomic E-state index is 0.119. The zero-order valence-corrected chi connectivity index (χ0v) is 10.0. The van der Waals surface area contributed by atoms with E-state index in [4.69, 9.17) is 0 Å². The van der Waals surface area contributed by atoms with Crippen molar-refractivity contribution in [2.75, 3.05) is 6.54 Å². The maximum Gasteiger partial charge on any atom is 0.258 e. The van der Waals surface area contributed by atoms with E-state index in [1.165, 1.54) is 0 Å². The zero-order valence-electron chi connectivity index (χ0n) is 10.0. The zero-order chi connectivity index (χ0) is 12.3. The van der Waals surface area contributed by atoms with Gasteiger partial charge in [0.15, 0.2) is 11.5 Å². The van der Waals surface area contributed by atoms with Crippen LogP contribution in [0.2, 0.25) is 0 Å². The van der Waals surface area contributed by atoms with Crippen molar-refractivity contribution in [3.05, 3.63) is 30.1 Å². The fourth-order valence-electron chi connectivity index (χ4n) is 1.70. The third kappa shape index (κ3) is 2.13. The first-order chi connectivity index (χ1) is 8.16. The van der Waals surface area contributed by atoms with Gasteiger partial charge in [0.25, 0.3) is 5.91 Å². The van der Waals surface area contributed by atoms with Crippen molar-refractivity contribution >= 4 is 11.9 Å². The van der Waals surface area contributed by atoms with Crippen LogP contribution < -0.4 is 10.6 Å². The van der Waals surface area contributed by atoms with Gasteiger partial charge in [-0.2, -0.15) is 0 Å². The SMILES string of the molecule is CCCN=C1NC(=O)C(C)(c2ccccn2)N1. The van der Waals surface area contributed by atoms with Crippen molar-refractivity contribution < 1.29 is 4.79 Å². The van der Waals surface area contributed by atoms with Gasteiger partial charge < -0.3 is 5.32 Å². The molecule has 0 aliphatic carbocycles. The Morgan fingerprint density at radius 2 is 2.29 bits per heavy atom. The summed E-state index contributed by atoms with van der Waals surface area (Å²) in [5, 5.41) is 5.83. The standard InChI is InChI=1S/C12H16N4O/c1-3-7-14-11-15-10(17)12(2,16-11)9-6-4-5-8-13-9/h4-6,8H,3,7H2,1-2H3,(H2,14,15,16,17). The summed E-state index contributed by atoms with van der Waals surface area (Å²) in [5.74, 6) is 0.413. The van der Waals surface area contributed by atoms with Crippen LogP contribution in [0.3, 0.4) is 0 Å². The Labute approximate surface area is 100 Å². The molecule has 0 bridgehead atoms. The van der Waals surface area contributed by atoms with Crippen molar-refractivity contribution in [2.45, 2.75) is 25.8 Å². The van der Waals surface area contributed by atoms with E-state index in [0.29, 0.717) is 18.2 Å². The van der Waals surface area contributed by atoms with Gasteiger partial charge in [-0.25, -0.2) is 0 Å². The monoisotopic (exact) mass is 232 g/mol. The van der Waals surface area contributed by atoms with E-state index >= 15 is 0 Å². The Morgan fingerprint density at radius 3 is 2.94 bits per heavy atom. The molecule has 0 radical (unpaired) electrons. The topological polar surface area (TPSA) is 66.4 Å². The molecule has 1 aromatic rings. The van der Waals surface area contributed by atoms with Crippen LogP contribution in [-0.4, -0.2) is 23.4 Å². The number of rotatable bonds is 3. The number of amides is 1. The van der Waals surface area contributed by atoms with Gasteiger partial charge in [-0.05, 0) is 25.5 Å². The fourth-order valence-corrected chi connectivity index (χ4v) is 1.70. The molecule has 5 nitrogen and oxygen atoms in total. The largest absolute Gasteiger partial charge is 0.337 e. The van der Waals surface area contributed by atoms with Crippen LogP contribution in [0.4, 0.5) is 0 Å². The smallest absolute Gasteiger partial charge is 0.258 e. The molecule has 1 aliphatic heterocycles. The van der Waals surface area contributed by atoms with E-state index < -0.39 is 5.54 Å². The summed E-state index contributed by atoms with van der Waals surface area (Å²) in [6.45, 7) is 4.54. The number of pyridine rings is 1. The van der Waals surface area contributed by atoms with Gasteiger partial charge in [-0.15, -0.1) is 0 Å². The summed E-state index contributed by atoms with van der Waals surface area (Å²) >= 11 is 0. The van der Waals surface area contributed by atoms with Crippen molar-refractivity contribution in [1.29, 1.82) is 0 Å². The summed E-state index contributed by atoms with van der Waals surface area (Å²) in [5.41, 5.74) is -0.132. The van der Waals surface area contributed by atoms with E-state index in [2.05, 4.69) is 20.6 Å². The van der Waals surface area contributed by atoms with Crippen LogP contribution in [-0.2, 0) is 10.3 Å². The minimum atomic E-state index is -0.826. The summed E-state index contributed by atoms with van der Waals surface area (Å²) in [7, 11) is 0. The molecule has 1 unspecified atom stereocenters. The second-order valence-corrected chi connectivity index (χ2v) is 4.15. The van der Waals surface area contributed by atoms with Gasteiger partial charge >= 0.3 is 0 Å². The number of carbonyl (C=O) groups is 1. The molecular weight excluding hydrogens is 216 g/mol. The lowest BCUT2D eigenvalue weighted by atomic mass is 9.98. The molecule has 1 aliphatic rings. The Balaban J connectivity index is 2.25. The molecule has 1 aromatic heterocycles. The molecule has 1 fully saturated rings. The van der Waals surface area contributed by atoms with Crippen molar-refractivity contribution in [1.82, 2.24) is 15.6 Å². The van der Waals surface area contributed by atoms with Crippen LogP contribution in [0, 0.1) is 0 Å². The number of aromatic nitrogens is 1. The highest BCUT2D eigenvalue weighted by Gasteiger charge is 2.43. The van der Waals surface area contributed by atoms with Gasteiger partial charge in [-0.1, -0.05) is 13.0 Å². The number of hydrogen-bond acceptors (Lipinski definition) is 3. The van der Waals surface area contributed by atoms with Crippen LogP contribution in [0.15, 0.2) is 29.4 Å². The highest BCUT2D eigenvalue weighted by Crippen LogP contribution is 2.21. The van der Waals surface area contributed by atoms with E-state index in [9.17, 15) is 4.79 Å². The van der Waals surface area contributed by atoms with E-state index in [-0.39, 0.29) is 5.91 Å². The van der Waals surface area contributed by atoms with Gasteiger partial charge in [0, 0.05) is 12.7 Å². The number of aliphatic imine (C=N–C) groups is 1. The number of carbonyl (C=O) groups excluding carboxylic acids is 1. The van der Waals surface area contributed by atoms with Crippen molar-refractivity contribution in [3.63, 3.8) is 0 Å². The molecular formula is C12H16N4O. The number of guanidine groups is 1. The van der Waals surface area contributed by atoms with E-state index in [0.717, 1.165) is 6.42 Å². The molecule has 2 rings (SSSR count). The molecule has 90 valence electrons. The van der Waals surface area contributed by atoms with Crippen LogP contribution in [0.5, 0.6) is 0 Å².